The molecule has 0 aliphatic heterocycles. The van der Waals surface area contributed by atoms with E-state index >= 15 is 0 Å². The van der Waals surface area contributed by atoms with Crippen LogP contribution in [0.4, 0.5) is 5.69 Å². The molecule has 1 amide bonds. The minimum absolute atomic E-state index is 0.165. The normalized spacial score (nSPS) is 10.5. The van der Waals surface area contributed by atoms with Crippen molar-refractivity contribution in [2.45, 2.75) is 6.61 Å². The number of amides is 1. The van der Waals surface area contributed by atoms with Crippen LogP contribution in [0.2, 0.25) is 0 Å². The molecule has 0 saturated carbocycles. The van der Waals surface area contributed by atoms with E-state index in [1.165, 1.54) is 0 Å². The monoisotopic (exact) mass is 401 g/mol. The standard InChI is InChI=1S/C19H16BrNO4/c1-24-18-8-6-12(17-9-7-13(11-22)25-17)10-16(18)21-19(23)14-4-2-3-5-15(14)20/h2-10,22H,11H2,1H3,(H,21,23). The molecule has 128 valence electrons. The average Bonchev–Trinajstić information content (AvgIpc) is 3.11. The van der Waals surface area contributed by atoms with E-state index in [-0.39, 0.29) is 12.5 Å². The number of carbonyl (C=O) groups excluding carboxylic acids is 1. The molecule has 2 N–H and O–H groups in total. The van der Waals surface area contributed by atoms with Crippen LogP contribution < -0.4 is 10.1 Å². The van der Waals surface area contributed by atoms with Gasteiger partial charge in [-0.1, -0.05) is 12.1 Å². The highest BCUT2D eigenvalue weighted by atomic mass is 79.9. The first-order chi connectivity index (χ1) is 12.1. The average molecular weight is 402 g/mol. The van der Waals surface area contributed by atoms with Crippen LogP contribution in [0.1, 0.15) is 16.1 Å². The first-order valence-corrected chi connectivity index (χ1v) is 8.35. The smallest absolute Gasteiger partial charge is 0.256 e. The van der Waals surface area contributed by atoms with Crippen molar-refractivity contribution in [3.8, 4) is 17.1 Å². The predicted octanol–water partition coefficient (Wildman–Crippen LogP) is 4.46. The number of anilines is 1. The summed E-state index contributed by atoms with van der Waals surface area (Å²) in [5, 5.41) is 12.0. The lowest BCUT2D eigenvalue weighted by Crippen LogP contribution is -2.13. The van der Waals surface area contributed by atoms with Gasteiger partial charge in [-0.25, -0.2) is 0 Å². The van der Waals surface area contributed by atoms with Gasteiger partial charge in [0.1, 0.15) is 23.9 Å². The molecular formula is C19H16BrNO4. The molecule has 3 aromatic rings. The lowest BCUT2D eigenvalue weighted by molar-refractivity contribution is 0.102. The summed E-state index contributed by atoms with van der Waals surface area (Å²) in [6.45, 7) is -0.165. The van der Waals surface area contributed by atoms with Crippen LogP contribution in [0.25, 0.3) is 11.3 Å². The number of nitrogens with one attached hydrogen (secondary N) is 1. The Labute approximate surface area is 153 Å². The fourth-order valence-corrected chi connectivity index (χ4v) is 2.88. The number of rotatable bonds is 5. The molecule has 0 saturated heterocycles. The molecule has 6 heteroatoms. The number of benzene rings is 2. The molecule has 0 spiro atoms. The first-order valence-electron chi connectivity index (χ1n) is 7.56. The molecule has 0 unspecified atom stereocenters. The maximum absolute atomic E-state index is 12.5. The van der Waals surface area contributed by atoms with Crippen molar-refractivity contribution < 1.29 is 19.1 Å². The molecule has 3 rings (SSSR count). The Kier molecular flexibility index (Phi) is 5.21. The van der Waals surface area contributed by atoms with Gasteiger partial charge in [0.2, 0.25) is 0 Å². The molecule has 25 heavy (non-hydrogen) atoms. The van der Waals surface area contributed by atoms with Crippen molar-refractivity contribution in [2.75, 3.05) is 12.4 Å². The molecule has 2 aromatic carbocycles. The maximum Gasteiger partial charge on any atom is 0.256 e. The Morgan fingerprint density at radius 1 is 1.20 bits per heavy atom. The van der Waals surface area contributed by atoms with Gasteiger partial charge in [0, 0.05) is 10.0 Å². The number of hydrogen-bond donors (Lipinski definition) is 2. The number of hydrogen-bond acceptors (Lipinski definition) is 4. The highest BCUT2D eigenvalue weighted by molar-refractivity contribution is 9.10. The third-order valence-electron chi connectivity index (χ3n) is 3.67. The molecule has 0 atom stereocenters. The highest BCUT2D eigenvalue weighted by Gasteiger charge is 2.14. The fourth-order valence-electron chi connectivity index (χ4n) is 2.41. The quantitative estimate of drug-likeness (QED) is 0.661. The molecule has 1 heterocycles. The van der Waals surface area contributed by atoms with Gasteiger partial charge >= 0.3 is 0 Å². The SMILES string of the molecule is COc1ccc(-c2ccc(CO)o2)cc1NC(=O)c1ccccc1Br. The minimum atomic E-state index is -0.251. The van der Waals surface area contributed by atoms with E-state index in [1.54, 1.807) is 43.5 Å². The number of halogens is 1. The third kappa shape index (κ3) is 3.75. The van der Waals surface area contributed by atoms with Crippen LogP contribution in [0.5, 0.6) is 5.75 Å². The van der Waals surface area contributed by atoms with Crippen LogP contribution in [0.3, 0.4) is 0 Å². The predicted molar refractivity (Wildman–Crippen MR) is 98.7 cm³/mol. The molecule has 0 aliphatic carbocycles. The molecular weight excluding hydrogens is 386 g/mol. The Balaban J connectivity index is 1.93. The number of aliphatic hydroxyl groups is 1. The summed E-state index contributed by atoms with van der Waals surface area (Å²) in [7, 11) is 1.54. The van der Waals surface area contributed by atoms with E-state index in [2.05, 4.69) is 21.2 Å². The van der Waals surface area contributed by atoms with Crippen LogP contribution in [0.15, 0.2) is 63.5 Å². The Morgan fingerprint density at radius 3 is 2.68 bits per heavy atom. The zero-order chi connectivity index (χ0) is 17.8. The number of carbonyl (C=O) groups is 1. The number of methoxy groups -OCH3 is 1. The first kappa shape index (κ1) is 17.3. The van der Waals surface area contributed by atoms with Gasteiger partial charge in [0.25, 0.3) is 5.91 Å². The number of ether oxygens (including phenoxy) is 1. The fraction of sp³-hybridized carbons (Fsp3) is 0.105. The van der Waals surface area contributed by atoms with Crippen molar-refractivity contribution in [1.29, 1.82) is 0 Å². The number of furan rings is 1. The zero-order valence-electron chi connectivity index (χ0n) is 13.5. The second-order valence-electron chi connectivity index (χ2n) is 5.27. The Hall–Kier alpha value is -2.57. The van der Waals surface area contributed by atoms with Gasteiger partial charge in [0.05, 0.1) is 18.4 Å². The van der Waals surface area contributed by atoms with E-state index in [0.29, 0.717) is 33.0 Å². The Morgan fingerprint density at radius 2 is 2.00 bits per heavy atom. The van der Waals surface area contributed by atoms with Crippen molar-refractivity contribution in [2.24, 2.45) is 0 Å². The Bertz CT molecular complexity index is 904. The second-order valence-corrected chi connectivity index (χ2v) is 6.13. The van der Waals surface area contributed by atoms with Gasteiger partial charge in [0.15, 0.2) is 0 Å². The molecule has 0 radical (unpaired) electrons. The zero-order valence-corrected chi connectivity index (χ0v) is 15.0. The van der Waals surface area contributed by atoms with Gasteiger partial charge in [-0.05, 0) is 58.4 Å². The van der Waals surface area contributed by atoms with Crippen molar-refractivity contribution >= 4 is 27.5 Å². The van der Waals surface area contributed by atoms with Gasteiger partial charge < -0.3 is 19.6 Å². The molecule has 5 nitrogen and oxygen atoms in total. The maximum atomic E-state index is 12.5. The largest absolute Gasteiger partial charge is 0.495 e. The number of aliphatic hydroxyl groups excluding tert-OH is 1. The van der Waals surface area contributed by atoms with Crippen molar-refractivity contribution in [1.82, 2.24) is 0 Å². The van der Waals surface area contributed by atoms with E-state index in [9.17, 15) is 4.79 Å². The van der Waals surface area contributed by atoms with Crippen molar-refractivity contribution in [3.05, 3.63) is 70.4 Å². The van der Waals surface area contributed by atoms with Gasteiger partial charge in [-0.3, -0.25) is 4.79 Å². The molecule has 0 bridgehead atoms. The topological polar surface area (TPSA) is 71.7 Å². The van der Waals surface area contributed by atoms with E-state index in [1.807, 2.05) is 18.2 Å². The van der Waals surface area contributed by atoms with Gasteiger partial charge in [-0.15, -0.1) is 0 Å². The van der Waals surface area contributed by atoms with Crippen LogP contribution in [0, 0.1) is 0 Å². The second kappa shape index (κ2) is 7.55. The lowest BCUT2D eigenvalue weighted by Gasteiger charge is -2.12. The van der Waals surface area contributed by atoms with E-state index in [0.717, 1.165) is 5.56 Å². The summed E-state index contributed by atoms with van der Waals surface area (Å²) < 4.78 is 11.6. The van der Waals surface area contributed by atoms with E-state index < -0.39 is 0 Å². The van der Waals surface area contributed by atoms with Gasteiger partial charge in [-0.2, -0.15) is 0 Å². The van der Waals surface area contributed by atoms with Crippen LogP contribution >= 0.6 is 15.9 Å². The summed E-state index contributed by atoms with van der Waals surface area (Å²) in [6.07, 6.45) is 0. The lowest BCUT2D eigenvalue weighted by atomic mass is 10.1. The summed E-state index contributed by atoms with van der Waals surface area (Å²) in [6, 6.07) is 16.0. The highest BCUT2D eigenvalue weighted by Crippen LogP contribution is 2.32. The minimum Gasteiger partial charge on any atom is -0.495 e. The van der Waals surface area contributed by atoms with Crippen molar-refractivity contribution in [3.63, 3.8) is 0 Å². The molecule has 0 aliphatic rings. The van der Waals surface area contributed by atoms with Crippen LogP contribution in [-0.2, 0) is 6.61 Å². The summed E-state index contributed by atoms with van der Waals surface area (Å²) in [5.41, 5.74) is 1.82. The summed E-state index contributed by atoms with van der Waals surface area (Å²) >= 11 is 3.38. The van der Waals surface area contributed by atoms with Crippen LogP contribution in [-0.4, -0.2) is 18.1 Å². The van der Waals surface area contributed by atoms with E-state index in [4.69, 9.17) is 14.3 Å². The third-order valence-corrected chi connectivity index (χ3v) is 4.36. The molecule has 1 aromatic heterocycles. The summed E-state index contributed by atoms with van der Waals surface area (Å²) in [4.78, 5) is 12.5. The molecule has 0 fully saturated rings. The summed E-state index contributed by atoms with van der Waals surface area (Å²) in [5.74, 6) is 1.37.